The minimum atomic E-state index is 0.453. The Hall–Kier alpha value is -0.290. The molecule has 1 aliphatic rings. The summed E-state index contributed by atoms with van der Waals surface area (Å²) in [5.74, 6) is 0. The number of nitrogens with one attached hydrogen (secondary N) is 1. The molecule has 1 aromatic carbocycles. The topological polar surface area (TPSA) is 21.3 Å². The number of benzene rings is 1. The van der Waals surface area contributed by atoms with Gasteiger partial charge in [0.15, 0.2) is 0 Å². The second-order valence-corrected chi connectivity index (χ2v) is 5.90. The molecule has 0 aliphatic carbocycles. The summed E-state index contributed by atoms with van der Waals surface area (Å²) in [6.45, 7) is 3.12. The summed E-state index contributed by atoms with van der Waals surface area (Å²) in [4.78, 5) is 0. The Bertz CT molecular complexity index is 354. The first kappa shape index (κ1) is 13.1. The lowest BCUT2D eigenvalue weighted by Gasteiger charge is -2.30. The largest absolute Gasteiger partial charge is 0.382 e. The van der Waals surface area contributed by atoms with Gasteiger partial charge in [0.2, 0.25) is 0 Å². The van der Waals surface area contributed by atoms with E-state index >= 15 is 0 Å². The van der Waals surface area contributed by atoms with Crippen LogP contribution in [0.15, 0.2) is 24.3 Å². The van der Waals surface area contributed by atoms with Gasteiger partial charge in [0.25, 0.3) is 0 Å². The van der Waals surface area contributed by atoms with Crippen LogP contribution in [0, 0.1) is 3.57 Å². The average Bonchev–Trinajstić information content (AvgIpc) is 2.30. The zero-order chi connectivity index (χ0) is 12.1. The molecule has 94 valence electrons. The molecule has 0 aromatic heterocycles. The molecule has 0 saturated carbocycles. The van der Waals surface area contributed by atoms with E-state index in [2.05, 4.69) is 59.1 Å². The lowest BCUT2D eigenvalue weighted by molar-refractivity contribution is 0.00598. The van der Waals surface area contributed by atoms with E-state index in [1.54, 1.807) is 0 Å². The van der Waals surface area contributed by atoms with Gasteiger partial charge < -0.3 is 10.1 Å². The summed E-state index contributed by atoms with van der Waals surface area (Å²) in [5.41, 5.74) is 1.24. The van der Waals surface area contributed by atoms with E-state index in [-0.39, 0.29) is 0 Å². The van der Waals surface area contributed by atoms with Crippen LogP contribution in [0.2, 0.25) is 0 Å². The number of rotatable bonds is 4. The summed E-state index contributed by atoms with van der Waals surface area (Å²) < 4.78 is 7.05. The predicted molar refractivity (Wildman–Crippen MR) is 80.5 cm³/mol. The van der Waals surface area contributed by atoms with E-state index in [4.69, 9.17) is 4.74 Å². The molecule has 1 aromatic rings. The summed E-state index contributed by atoms with van der Waals surface area (Å²) >= 11 is 2.35. The molecule has 0 radical (unpaired) electrons. The molecule has 2 unspecified atom stereocenters. The third-order valence-electron chi connectivity index (χ3n) is 3.17. The van der Waals surface area contributed by atoms with Crippen LogP contribution in [0.25, 0.3) is 0 Å². The maximum absolute atomic E-state index is 5.77. The van der Waals surface area contributed by atoms with E-state index < -0.39 is 0 Å². The lowest BCUT2D eigenvalue weighted by Crippen LogP contribution is -2.33. The van der Waals surface area contributed by atoms with Crippen LogP contribution < -0.4 is 5.32 Å². The highest BCUT2D eigenvalue weighted by molar-refractivity contribution is 14.1. The molecule has 2 nitrogen and oxygen atoms in total. The summed E-state index contributed by atoms with van der Waals surface area (Å²) in [6.07, 6.45) is 5.10. The van der Waals surface area contributed by atoms with Crippen LogP contribution in [0.3, 0.4) is 0 Å². The van der Waals surface area contributed by atoms with E-state index in [0.29, 0.717) is 12.1 Å². The van der Waals surface area contributed by atoms with E-state index in [0.717, 1.165) is 19.4 Å². The summed E-state index contributed by atoms with van der Waals surface area (Å²) in [5, 5.41) is 3.63. The van der Waals surface area contributed by atoms with Crippen LogP contribution >= 0.6 is 22.6 Å². The molecule has 1 heterocycles. The van der Waals surface area contributed by atoms with Crippen LogP contribution in [0.5, 0.6) is 0 Å². The Morgan fingerprint density at radius 3 is 3.12 bits per heavy atom. The Morgan fingerprint density at radius 1 is 1.47 bits per heavy atom. The van der Waals surface area contributed by atoms with Crippen LogP contribution in [0.4, 0.5) is 5.69 Å². The molecule has 0 bridgehead atoms. The van der Waals surface area contributed by atoms with Gasteiger partial charge in [-0.05, 0) is 60.1 Å². The Labute approximate surface area is 117 Å². The third kappa shape index (κ3) is 4.14. The minimum Gasteiger partial charge on any atom is -0.382 e. The van der Waals surface area contributed by atoms with E-state index in [1.807, 2.05) is 0 Å². The van der Waals surface area contributed by atoms with Crippen molar-refractivity contribution in [1.29, 1.82) is 0 Å². The highest BCUT2D eigenvalue weighted by atomic mass is 127. The van der Waals surface area contributed by atoms with Crippen molar-refractivity contribution in [3.8, 4) is 0 Å². The standard InChI is InChI=1S/C14H20INO/c1-2-4-14-10-13(7-8-17-14)16-12-6-3-5-11(15)9-12/h3,5-6,9,13-14,16H,2,4,7-8,10H2,1H3. The van der Waals surface area contributed by atoms with E-state index in [9.17, 15) is 0 Å². The van der Waals surface area contributed by atoms with Gasteiger partial charge in [-0.25, -0.2) is 0 Å². The van der Waals surface area contributed by atoms with Gasteiger partial charge in [-0.3, -0.25) is 0 Å². The Kier molecular flexibility index (Phi) is 5.10. The molecule has 1 N–H and O–H groups in total. The smallest absolute Gasteiger partial charge is 0.0594 e. The van der Waals surface area contributed by atoms with Crippen molar-refractivity contribution in [3.05, 3.63) is 27.8 Å². The van der Waals surface area contributed by atoms with Gasteiger partial charge >= 0.3 is 0 Å². The van der Waals surface area contributed by atoms with Crippen molar-refractivity contribution in [1.82, 2.24) is 0 Å². The van der Waals surface area contributed by atoms with E-state index in [1.165, 1.54) is 22.1 Å². The number of hydrogen-bond donors (Lipinski definition) is 1. The van der Waals surface area contributed by atoms with Crippen molar-refractivity contribution in [3.63, 3.8) is 0 Å². The molecule has 1 saturated heterocycles. The summed E-state index contributed by atoms with van der Waals surface area (Å²) in [6, 6.07) is 9.14. The first-order valence-corrected chi connectivity index (χ1v) is 7.49. The molecule has 0 amide bonds. The highest BCUT2D eigenvalue weighted by Gasteiger charge is 2.21. The minimum absolute atomic E-state index is 0.453. The first-order chi connectivity index (χ1) is 8.28. The Morgan fingerprint density at radius 2 is 2.35 bits per heavy atom. The molecule has 1 aliphatic heterocycles. The van der Waals surface area contributed by atoms with Gasteiger partial charge in [-0.1, -0.05) is 19.4 Å². The average molecular weight is 345 g/mol. The molecule has 1 fully saturated rings. The molecule has 2 atom stereocenters. The van der Waals surface area contributed by atoms with Crippen molar-refractivity contribution in [2.24, 2.45) is 0 Å². The van der Waals surface area contributed by atoms with Gasteiger partial charge in [0.1, 0.15) is 0 Å². The number of hydrogen-bond acceptors (Lipinski definition) is 2. The normalized spacial score (nSPS) is 24.6. The van der Waals surface area contributed by atoms with Crippen molar-refractivity contribution in [2.45, 2.75) is 44.8 Å². The molecule has 2 rings (SSSR count). The molecular formula is C14H20INO. The number of anilines is 1. The fourth-order valence-corrected chi connectivity index (χ4v) is 2.89. The second kappa shape index (κ2) is 6.59. The zero-order valence-corrected chi connectivity index (χ0v) is 12.4. The monoisotopic (exact) mass is 345 g/mol. The second-order valence-electron chi connectivity index (χ2n) is 4.66. The lowest BCUT2D eigenvalue weighted by atomic mass is 10.00. The highest BCUT2D eigenvalue weighted by Crippen LogP contribution is 2.22. The maximum Gasteiger partial charge on any atom is 0.0594 e. The fourth-order valence-electron chi connectivity index (χ4n) is 2.35. The SMILES string of the molecule is CCCC1CC(Nc2cccc(I)c2)CCO1. The van der Waals surface area contributed by atoms with Gasteiger partial charge in [0, 0.05) is 21.9 Å². The van der Waals surface area contributed by atoms with Gasteiger partial charge in [0.05, 0.1) is 6.10 Å². The molecular weight excluding hydrogens is 325 g/mol. The quantitative estimate of drug-likeness (QED) is 0.832. The number of halogens is 1. The van der Waals surface area contributed by atoms with Crippen molar-refractivity contribution >= 4 is 28.3 Å². The molecule has 0 spiro atoms. The molecule has 3 heteroatoms. The van der Waals surface area contributed by atoms with Crippen LogP contribution in [-0.4, -0.2) is 18.8 Å². The van der Waals surface area contributed by atoms with Gasteiger partial charge in [-0.15, -0.1) is 0 Å². The third-order valence-corrected chi connectivity index (χ3v) is 3.84. The van der Waals surface area contributed by atoms with Crippen LogP contribution in [-0.2, 0) is 4.74 Å². The Balaban J connectivity index is 1.90. The predicted octanol–water partition coefficient (Wildman–Crippen LogP) is 4.05. The zero-order valence-electron chi connectivity index (χ0n) is 10.3. The van der Waals surface area contributed by atoms with Gasteiger partial charge in [-0.2, -0.15) is 0 Å². The fraction of sp³-hybridized carbons (Fsp3) is 0.571. The van der Waals surface area contributed by atoms with Crippen LogP contribution in [0.1, 0.15) is 32.6 Å². The first-order valence-electron chi connectivity index (χ1n) is 6.41. The maximum atomic E-state index is 5.77. The number of ether oxygens (including phenoxy) is 1. The summed E-state index contributed by atoms with van der Waals surface area (Å²) in [7, 11) is 0. The van der Waals surface area contributed by atoms with Crippen molar-refractivity contribution < 1.29 is 4.74 Å². The molecule has 17 heavy (non-hydrogen) atoms. The van der Waals surface area contributed by atoms with Crippen molar-refractivity contribution in [2.75, 3.05) is 11.9 Å².